The number of benzene rings is 1. The summed E-state index contributed by atoms with van der Waals surface area (Å²) in [7, 11) is 0. The number of halogens is 3. The van der Waals surface area contributed by atoms with E-state index >= 15 is 0 Å². The number of alkyl halides is 3. The van der Waals surface area contributed by atoms with Gasteiger partial charge in [-0.25, -0.2) is 4.98 Å². The molecule has 1 N–H and O–H groups in total. The number of rotatable bonds is 4. The Bertz CT molecular complexity index is 707. The summed E-state index contributed by atoms with van der Waals surface area (Å²) in [6.07, 6.45) is -4.38. The molecule has 0 fully saturated rings. The number of thiazole rings is 1. The van der Waals surface area contributed by atoms with Gasteiger partial charge in [0.25, 0.3) is 5.91 Å². The van der Waals surface area contributed by atoms with Crippen LogP contribution < -0.4 is 5.32 Å². The minimum absolute atomic E-state index is 0.212. The molecule has 0 unspecified atom stereocenters. The summed E-state index contributed by atoms with van der Waals surface area (Å²) >= 11 is 1.37. The van der Waals surface area contributed by atoms with E-state index < -0.39 is 17.2 Å². The van der Waals surface area contributed by atoms with Gasteiger partial charge >= 0.3 is 6.18 Å². The molecule has 1 aromatic carbocycles. The van der Waals surface area contributed by atoms with Crippen LogP contribution in [0.2, 0.25) is 0 Å². The molecule has 0 bridgehead atoms. The van der Waals surface area contributed by atoms with E-state index in [2.05, 4.69) is 10.3 Å². The van der Waals surface area contributed by atoms with Crippen LogP contribution in [0.4, 0.5) is 13.2 Å². The average molecular weight is 342 g/mol. The van der Waals surface area contributed by atoms with E-state index in [1.54, 1.807) is 32.2 Å². The number of nitrogens with zero attached hydrogens (tertiary/aromatic N) is 1. The monoisotopic (exact) mass is 342 g/mol. The molecule has 124 valence electrons. The molecular formula is C16H17F3N2OS. The highest BCUT2D eigenvalue weighted by Gasteiger charge is 2.32. The van der Waals surface area contributed by atoms with Crippen LogP contribution in [0.15, 0.2) is 29.6 Å². The number of hydrogen-bond donors (Lipinski definition) is 1. The third-order valence-electron chi connectivity index (χ3n) is 3.51. The number of nitrogens with one attached hydrogen (secondary N) is 1. The molecule has 0 aliphatic carbocycles. The van der Waals surface area contributed by atoms with Crippen LogP contribution in [-0.2, 0) is 11.6 Å². The van der Waals surface area contributed by atoms with Crippen LogP contribution in [0.5, 0.6) is 0 Å². The van der Waals surface area contributed by atoms with Gasteiger partial charge in [-0.1, -0.05) is 32.0 Å². The van der Waals surface area contributed by atoms with Gasteiger partial charge in [-0.15, -0.1) is 11.3 Å². The lowest BCUT2D eigenvalue weighted by molar-refractivity contribution is -0.137. The largest absolute Gasteiger partial charge is 0.416 e. The van der Waals surface area contributed by atoms with Crippen LogP contribution in [0, 0.1) is 6.92 Å². The van der Waals surface area contributed by atoms with Crippen molar-refractivity contribution in [2.45, 2.75) is 32.4 Å². The minimum Gasteiger partial charge on any atom is -0.350 e. The van der Waals surface area contributed by atoms with Crippen LogP contribution in [0.25, 0.3) is 0 Å². The van der Waals surface area contributed by atoms with Gasteiger partial charge in [0.05, 0.1) is 10.6 Å². The van der Waals surface area contributed by atoms with E-state index in [9.17, 15) is 18.0 Å². The summed E-state index contributed by atoms with van der Waals surface area (Å²) in [5.41, 5.74) is -0.485. The normalized spacial score (nSPS) is 12.3. The molecule has 1 aromatic heterocycles. The zero-order valence-corrected chi connectivity index (χ0v) is 13.8. The van der Waals surface area contributed by atoms with E-state index in [0.717, 1.165) is 17.1 Å². The van der Waals surface area contributed by atoms with Crippen molar-refractivity contribution in [3.05, 3.63) is 51.5 Å². The summed E-state index contributed by atoms with van der Waals surface area (Å²) in [5, 5.41) is 5.17. The van der Waals surface area contributed by atoms with Crippen molar-refractivity contribution in [1.29, 1.82) is 0 Å². The van der Waals surface area contributed by atoms with E-state index in [1.807, 2.05) is 0 Å². The molecule has 0 atom stereocenters. The first-order chi connectivity index (χ1) is 10.6. The van der Waals surface area contributed by atoms with Gasteiger partial charge in [0, 0.05) is 17.3 Å². The summed E-state index contributed by atoms with van der Waals surface area (Å²) < 4.78 is 38.5. The molecule has 1 amide bonds. The zero-order chi connectivity index (χ0) is 17.3. The molecule has 0 saturated heterocycles. The molecule has 0 saturated carbocycles. The summed E-state index contributed by atoms with van der Waals surface area (Å²) in [6, 6.07) is 5.18. The summed E-state index contributed by atoms with van der Waals surface area (Å²) in [6.45, 7) is 5.59. The smallest absolute Gasteiger partial charge is 0.350 e. The van der Waals surface area contributed by atoms with Crippen LogP contribution in [0.3, 0.4) is 0 Å². The van der Waals surface area contributed by atoms with Crippen LogP contribution in [-0.4, -0.2) is 17.4 Å². The van der Waals surface area contributed by atoms with Crippen molar-refractivity contribution in [1.82, 2.24) is 10.3 Å². The molecule has 2 aromatic rings. The Hall–Kier alpha value is -1.89. The Balaban J connectivity index is 2.11. The second-order valence-corrected chi connectivity index (χ2v) is 6.96. The molecule has 0 radical (unpaired) electrons. The highest BCUT2D eigenvalue weighted by molar-refractivity contribution is 7.09. The van der Waals surface area contributed by atoms with Gasteiger partial charge in [0.1, 0.15) is 5.69 Å². The molecule has 2 rings (SSSR count). The van der Waals surface area contributed by atoms with E-state index in [0.29, 0.717) is 11.3 Å². The van der Waals surface area contributed by atoms with E-state index in [1.165, 1.54) is 17.4 Å². The van der Waals surface area contributed by atoms with Crippen LogP contribution in [0.1, 0.15) is 40.5 Å². The highest BCUT2D eigenvalue weighted by atomic mass is 32.1. The number of amides is 1. The molecule has 3 nitrogen and oxygen atoms in total. The van der Waals surface area contributed by atoms with Crippen LogP contribution >= 0.6 is 11.3 Å². The Morgan fingerprint density at radius 1 is 1.26 bits per heavy atom. The lowest BCUT2D eigenvalue weighted by atomic mass is 9.83. The van der Waals surface area contributed by atoms with Crippen molar-refractivity contribution in [2.75, 3.05) is 6.54 Å². The zero-order valence-electron chi connectivity index (χ0n) is 13.0. The molecule has 0 spiro atoms. The number of hydrogen-bond acceptors (Lipinski definition) is 3. The Morgan fingerprint density at radius 3 is 2.48 bits per heavy atom. The lowest BCUT2D eigenvalue weighted by Crippen LogP contribution is -2.37. The molecule has 7 heteroatoms. The second-order valence-electron chi connectivity index (χ2n) is 5.90. The predicted octanol–water partition coefficient (Wildman–Crippen LogP) is 4.18. The van der Waals surface area contributed by atoms with Gasteiger partial charge in [-0.3, -0.25) is 4.79 Å². The number of carbonyl (C=O) groups is 1. The third kappa shape index (κ3) is 4.31. The topological polar surface area (TPSA) is 42.0 Å². The average Bonchev–Trinajstić information content (AvgIpc) is 2.91. The van der Waals surface area contributed by atoms with Gasteiger partial charge < -0.3 is 5.32 Å². The third-order valence-corrected chi connectivity index (χ3v) is 4.29. The Morgan fingerprint density at radius 2 is 1.91 bits per heavy atom. The van der Waals surface area contributed by atoms with Gasteiger partial charge in [0.2, 0.25) is 0 Å². The van der Waals surface area contributed by atoms with Gasteiger partial charge in [0.15, 0.2) is 0 Å². The maximum atomic E-state index is 12.8. The Labute approximate surface area is 136 Å². The molecule has 0 aliphatic rings. The first kappa shape index (κ1) is 17.5. The minimum atomic E-state index is -4.38. The molecule has 0 aliphatic heterocycles. The second kappa shape index (κ2) is 6.31. The first-order valence-electron chi connectivity index (χ1n) is 6.98. The van der Waals surface area contributed by atoms with E-state index in [-0.39, 0.29) is 12.5 Å². The quantitative estimate of drug-likeness (QED) is 0.906. The van der Waals surface area contributed by atoms with Gasteiger partial charge in [-0.2, -0.15) is 13.2 Å². The van der Waals surface area contributed by atoms with Crippen molar-refractivity contribution in [2.24, 2.45) is 0 Å². The maximum Gasteiger partial charge on any atom is 0.416 e. The summed E-state index contributed by atoms with van der Waals surface area (Å²) in [5.74, 6) is -0.325. The molecule has 23 heavy (non-hydrogen) atoms. The SMILES string of the molecule is Cc1nc(C(=O)NCC(C)(C)c2cccc(C(F)(F)F)c2)cs1. The molecule has 1 heterocycles. The predicted molar refractivity (Wildman–Crippen MR) is 83.7 cm³/mol. The number of carbonyl (C=O) groups excluding carboxylic acids is 1. The lowest BCUT2D eigenvalue weighted by Gasteiger charge is -2.26. The standard InChI is InChI=1S/C16H17F3N2OS/c1-10-21-13(8-23-10)14(22)20-9-15(2,3)11-5-4-6-12(7-11)16(17,18)19/h4-8H,9H2,1-3H3,(H,20,22). The fourth-order valence-corrected chi connectivity index (χ4v) is 2.67. The van der Waals surface area contributed by atoms with Crippen molar-refractivity contribution in [3.63, 3.8) is 0 Å². The summed E-state index contributed by atoms with van der Waals surface area (Å²) in [4.78, 5) is 16.1. The number of aromatic nitrogens is 1. The van der Waals surface area contributed by atoms with Crippen molar-refractivity contribution >= 4 is 17.2 Å². The first-order valence-corrected chi connectivity index (χ1v) is 7.85. The van der Waals surface area contributed by atoms with Crippen molar-refractivity contribution in [3.8, 4) is 0 Å². The fourth-order valence-electron chi connectivity index (χ4n) is 2.08. The van der Waals surface area contributed by atoms with Gasteiger partial charge in [-0.05, 0) is 18.6 Å². The number of aryl methyl sites for hydroxylation is 1. The Kier molecular flexibility index (Phi) is 4.79. The van der Waals surface area contributed by atoms with Crippen molar-refractivity contribution < 1.29 is 18.0 Å². The fraction of sp³-hybridized carbons (Fsp3) is 0.375. The molecular weight excluding hydrogens is 325 g/mol. The highest BCUT2D eigenvalue weighted by Crippen LogP contribution is 2.32. The maximum absolute atomic E-state index is 12.8. The van der Waals surface area contributed by atoms with E-state index in [4.69, 9.17) is 0 Å².